The lowest BCUT2D eigenvalue weighted by atomic mass is 9.92. The number of methoxy groups -OCH3 is 1. The lowest BCUT2D eigenvalue weighted by Crippen LogP contribution is -2.67. The summed E-state index contributed by atoms with van der Waals surface area (Å²) in [4.78, 5) is 23.0. The molecule has 0 radical (unpaired) electrons. The van der Waals surface area contributed by atoms with Crippen molar-refractivity contribution in [2.75, 3.05) is 13.7 Å². The summed E-state index contributed by atoms with van der Waals surface area (Å²) >= 11 is 0. The fourth-order valence-electron chi connectivity index (χ4n) is 3.45. The van der Waals surface area contributed by atoms with Crippen LogP contribution in [0.1, 0.15) is 13.8 Å². The Hall–Kier alpha value is -1.38. The fraction of sp³-hybridized carbons (Fsp3) is 0.875. The number of carboxylic acid groups (broad SMARTS) is 1. The number of hydrogen-bond acceptors (Lipinski definition) is 10. The first kappa shape index (κ1) is 22.9. The molecule has 12 heteroatoms. The zero-order chi connectivity index (χ0) is 21.2. The lowest BCUT2D eigenvalue weighted by Gasteiger charge is -2.47. The third kappa shape index (κ3) is 4.60. The van der Waals surface area contributed by atoms with Crippen LogP contribution in [0.3, 0.4) is 0 Å². The summed E-state index contributed by atoms with van der Waals surface area (Å²) in [5, 5.41) is 52.2. The summed E-state index contributed by atoms with van der Waals surface area (Å²) in [6.45, 7) is 2.28. The maximum atomic E-state index is 11.5. The number of carbonyl (C=O) groups is 2. The molecule has 0 bridgehead atoms. The molecule has 28 heavy (non-hydrogen) atoms. The highest BCUT2D eigenvalue weighted by molar-refractivity contribution is 5.73. The van der Waals surface area contributed by atoms with Crippen LogP contribution in [-0.2, 0) is 28.5 Å². The van der Waals surface area contributed by atoms with E-state index >= 15 is 0 Å². The first-order valence-electron chi connectivity index (χ1n) is 8.76. The van der Waals surface area contributed by atoms with Crippen LogP contribution >= 0.6 is 0 Å². The van der Waals surface area contributed by atoms with Crippen molar-refractivity contribution in [1.29, 1.82) is 0 Å². The minimum atomic E-state index is -1.70. The molecule has 0 saturated carbocycles. The van der Waals surface area contributed by atoms with Crippen LogP contribution in [0.5, 0.6) is 0 Å². The van der Waals surface area contributed by atoms with E-state index in [4.69, 9.17) is 18.9 Å². The van der Waals surface area contributed by atoms with Crippen molar-refractivity contribution in [2.24, 2.45) is 0 Å². The summed E-state index contributed by atoms with van der Waals surface area (Å²) in [6.07, 6.45) is -12.4. The number of nitrogens with one attached hydrogen (secondary N) is 1. The van der Waals surface area contributed by atoms with Crippen LogP contribution in [0.4, 0.5) is 0 Å². The second-order valence-corrected chi connectivity index (χ2v) is 6.82. The van der Waals surface area contributed by atoms with Gasteiger partial charge in [0.25, 0.3) is 0 Å². The van der Waals surface area contributed by atoms with Crippen LogP contribution in [0.15, 0.2) is 0 Å². The fourth-order valence-corrected chi connectivity index (χ4v) is 3.45. The molecule has 2 fully saturated rings. The molecule has 2 heterocycles. The number of rotatable bonds is 6. The molecule has 0 aromatic heterocycles. The van der Waals surface area contributed by atoms with E-state index in [0.29, 0.717) is 0 Å². The van der Waals surface area contributed by atoms with Gasteiger partial charge in [0.2, 0.25) is 5.91 Å². The lowest BCUT2D eigenvalue weighted by molar-refractivity contribution is -0.327. The Balaban J connectivity index is 2.26. The molecule has 0 aromatic rings. The third-order valence-corrected chi connectivity index (χ3v) is 4.87. The first-order valence-corrected chi connectivity index (χ1v) is 8.76. The van der Waals surface area contributed by atoms with Crippen LogP contribution in [0, 0.1) is 0 Å². The molecule has 0 aliphatic carbocycles. The number of aliphatic hydroxyl groups is 4. The Morgan fingerprint density at radius 2 is 1.71 bits per heavy atom. The highest BCUT2D eigenvalue weighted by Crippen LogP contribution is 2.30. The number of aliphatic carboxylic acids is 1. The predicted molar refractivity (Wildman–Crippen MR) is 89.0 cm³/mol. The van der Waals surface area contributed by atoms with Crippen molar-refractivity contribution >= 4 is 11.9 Å². The van der Waals surface area contributed by atoms with Crippen molar-refractivity contribution in [1.82, 2.24) is 5.32 Å². The molecule has 4 unspecified atom stereocenters. The van der Waals surface area contributed by atoms with Gasteiger partial charge in [-0.05, 0) is 6.92 Å². The molecular weight excluding hydrogens is 382 g/mol. The molecule has 10 atom stereocenters. The normalized spacial score (nSPS) is 44.1. The van der Waals surface area contributed by atoms with Crippen molar-refractivity contribution < 1.29 is 54.1 Å². The van der Waals surface area contributed by atoms with Gasteiger partial charge in [-0.1, -0.05) is 0 Å². The monoisotopic (exact) mass is 409 g/mol. The Morgan fingerprint density at radius 1 is 1.07 bits per heavy atom. The van der Waals surface area contributed by atoms with Gasteiger partial charge in [-0.25, -0.2) is 4.79 Å². The Kier molecular flexibility index (Phi) is 7.70. The van der Waals surface area contributed by atoms with Gasteiger partial charge in [-0.3, -0.25) is 4.79 Å². The van der Waals surface area contributed by atoms with Crippen molar-refractivity contribution in [3.05, 3.63) is 0 Å². The largest absolute Gasteiger partial charge is 0.479 e. The number of amides is 1. The summed E-state index contributed by atoms with van der Waals surface area (Å²) in [6, 6.07) is -0.897. The second kappa shape index (κ2) is 9.41. The SMILES string of the molecule is CO[C@@H]1C(C(=O)O)O[C@@H](O[C@@H]2C(NC(C)=O)[C@@H](C)OC(CO)[C@H]2O)C(O)[C@H]1O. The molecule has 0 aromatic carbocycles. The van der Waals surface area contributed by atoms with E-state index in [1.807, 2.05) is 0 Å². The molecule has 1 amide bonds. The second-order valence-electron chi connectivity index (χ2n) is 6.82. The zero-order valence-electron chi connectivity index (χ0n) is 15.7. The van der Waals surface area contributed by atoms with Gasteiger partial charge in [0.15, 0.2) is 12.4 Å². The van der Waals surface area contributed by atoms with Crippen LogP contribution < -0.4 is 5.32 Å². The first-order chi connectivity index (χ1) is 13.1. The van der Waals surface area contributed by atoms with Gasteiger partial charge in [0.05, 0.1) is 18.8 Å². The average Bonchev–Trinajstić information content (AvgIpc) is 2.63. The van der Waals surface area contributed by atoms with E-state index < -0.39 is 79.6 Å². The zero-order valence-corrected chi connectivity index (χ0v) is 15.7. The Bertz CT molecular complexity index is 561. The van der Waals surface area contributed by atoms with Gasteiger partial charge in [0.1, 0.15) is 36.6 Å². The van der Waals surface area contributed by atoms with Crippen LogP contribution in [0.2, 0.25) is 0 Å². The number of carbonyl (C=O) groups excluding carboxylic acids is 1. The van der Waals surface area contributed by atoms with E-state index in [0.717, 1.165) is 7.11 Å². The smallest absolute Gasteiger partial charge is 0.335 e. The van der Waals surface area contributed by atoms with E-state index in [9.17, 15) is 35.1 Å². The van der Waals surface area contributed by atoms with E-state index in [-0.39, 0.29) is 0 Å². The Labute approximate surface area is 160 Å². The molecule has 2 aliphatic rings. The predicted octanol–water partition coefficient (Wildman–Crippen LogP) is -3.44. The van der Waals surface area contributed by atoms with E-state index in [2.05, 4.69) is 5.32 Å². The third-order valence-electron chi connectivity index (χ3n) is 4.87. The summed E-state index contributed by atoms with van der Waals surface area (Å²) < 4.78 is 21.2. The standard InChI is InChI=1S/C16H27NO11/c1-5-8(17-6(2)19)12(9(20)7(4-18)26-5)27-16-11(22)10(21)13(25-3)14(28-16)15(23)24/h5,7-14,16,18,20-22H,4H2,1-3H3,(H,17,19)(H,23,24)/t5-,7?,8?,9-,10-,11?,12-,13+,14?,16-/m1/s1. The number of hydrogen-bond donors (Lipinski definition) is 6. The molecule has 0 spiro atoms. The van der Waals surface area contributed by atoms with Crippen LogP contribution in [-0.4, -0.2) is 112 Å². The minimum Gasteiger partial charge on any atom is -0.479 e. The van der Waals surface area contributed by atoms with E-state index in [1.165, 1.54) is 6.92 Å². The molecule has 2 saturated heterocycles. The summed E-state index contributed by atoms with van der Waals surface area (Å²) in [5.41, 5.74) is 0. The molecule has 162 valence electrons. The van der Waals surface area contributed by atoms with Gasteiger partial charge in [-0.15, -0.1) is 0 Å². The molecule has 2 aliphatic heterocycles. The number of aliphatic hydroxyl groups excluding tert-OH is 4. The van der Waals surface area contributed by atoms with Gasteiger partial charge >= 0.3 is 5.97 Å². The van der Waals surface area contributed by atoms with Crippen molar-refractivity contribution in [3.8, 4) is 0 Å². The number of carboxylic acids is 1. The summed E-state index contributed by atoms with van der Waals surface area (Å²) in [5.74, 6) is -1.89. The van der Waals surface area contributed by atoms with Crippen molar-refractivity contribution in [2.45, 2.75) is 75.0 Å². The molecular formula is C16H27NO11. The topological polar surface area (TPSA) is 184 Å². The molecule has 6 N–H and O–H groups in total. The quantitative estimate of drug-likeness (QED) is 0.256. The molecule has 12 nitrogen and oxygen atoms in total. The van der Waals surface area contributed by atoms with Crippen molar-refractivity contribution in [3.63, 3.8) is 0 Å². The van der Waals surface area contributed by atoms with E-state index in [1.54, 1.807) is 6.92 Å². The van der Waals surface area contributed by atoms with Gasteiger partial charge in [0, 0.05) is 14.0 Å². The summed E-state index contributed by atoms with van der Waals surface area (Å²) in [7, 11) is 1.16. The average molecular weight is 409 g/mol. The molecule has 2 rings (SSSR count). The maximum Gasteiger partial charge on any atom is 0.335 e. The van der Waals surface area contributed by atoms with Gasteiger partial charge in [-0.2, -0.15) is 0 Å². The maximum absolute atomic E-state index is 11.5. The highest BCUT2D eigenvalue weighted by Gasteiger charge is 2.52. The van der Waals surface area contributed by atoms with Gasteiger partial charge < -0.3 is 49.8 Å². The number of ether oxygens (including phenoxy) is 4. The Morgan fingerprint density at radius 3 is 2.21 bits per heavy atom. The minimum absolute atomic E-state index is 0.447. The highest BCUT2D eigenvalue weighted by atomic mass is 16.7. The van der Waals surface area contributed by atoms with Crippen LogP contribution in [0.25, 0.3) is 0 Å².